The van der Waals surface area contributed by atoms with Gasteiger partial charge < -0.3 is 5.11 Å². The molecule has 9 heteroatoms. The Hall–Kier alpha value is -1.97. The number of sulfonamides is 1. The molecule has 2 aromatic rings. The van der Waals surface area contributed by atoms with Gasteiger partial charge >= 0.3 is 0 Å². The van der Waals surface area contributed by atoms with E-state index >= 15 is 0 Å². The minimum Gasteiger partial charge on any atom is -0.390 e. The maximum absolute atomic E-state index is 13.1. The third-order valence-electron chi connectivity index (χ3n) is 3.98. The van der Waals surface area contributed by atoms with Crippen molar-refractivity contribution in [1.82, 2.24) is 0 Å². The van der Waals surface area contributed by atoms with Crippen molar-refractivity contribution in [3.8, 4) is 0 Å². The summed E-state index contributed by atoms with van der Waals surface area (Å²) >= 11 is 0. The number of halogens is 1. The van der Waals surface area contributed by atoms with E-state index in [9.17, 15) is 26.3 Å². The summed E-state index contributed by atoms with van der Waals surface area (Å²) in [6.45, 7) is 0. The van der Waals surface area contributed by atoms with Crippen LogP contribution < -0.4 is 4.31 Å². The number of aliphatic hydroxyl groups excluding tert-OH is 1. The number of para-hydroxylation sites is 1. The van der Waals surface area contributed by atoms with E-state index in [1.54, 1.807) is 18.2 Å². The molecule has 0 aliphatic carbocycles. The predicted molar refractivity (Wildman–Crippen MR) is 91.0 cm³/mol. The first kappa shape index (κ1) is 17.8. The van der Waals surface area contributed by atoms with Crippen LogP contribution in [0.5, 0.6) is 0 Å². The Labute approximate surface area is 145 Å². The standard InChI is InChI=1S/C16H16FNO5S2/c17-12-6-8-14(9-7-12)25(22,23)18(13-4-2-1-3-5-13)15-10-24(20,21)11-16(15)19/h1-9,15-16,19H,10-11H2/t15-,16-/m0/s1. The van der Waals surface area contributed by atoms with Crippen molar-refractivity contribution < 1.29 is 26.3 Å². The maximum Gasteiger partial charge on any atom is 0.264 e. The molecule has 0 amide bonds. The lowest BCUT2D eigenvalue weighted by Gasteiger charge is -2.31. The van der Waals surface area contributed by atoms with Gasteiger partial charge in [0, 0.05) is 0 Å². The summed E-state index contributed by atoms with van der Waals surface area (Å²) in [5, 5.41) is 10.2. The highest BCUT2D eigenvalue weighted by Crippen LogP contribution is 2.31. The average Bonchev–Trinajstić information content (AvgIpc) is 2.81. The van der Waals surface area contributed by atoms with Crippen molar-refractivity contribution in [1.29, 1.82) is 0 Å². The zero-order valence-corrected chi connectivity index (χ0v) is 14.6. The topological polar surface area (TPSA) is 91.8 Å². The van der Waals surface area contributed by atoms with Crippen LogP contribution in [0, 0.1) is 5.82 Å². The van der Waals surface area contributed by atoms with Crippen molar-refractivity contribution in [2.75, 3.05) is 15.8 Å². The number of anilines is 1. The van der Waals surface area contributed by atoms with E-state index in [-0.39, 0.29) is 10.6 Å². The van der Waals surface area contributed by atoms with E-state index in [4.69, 9.17) is 0 Å². The molecule has 134 valence electrons. The van der Waals surface area contributed by atoms with Gasteiger partial charge in [-0.25, -0.2) is 21.2 Å². The molecule has 6 nitrogen and oxygen atoms in total. The van der Waals surface area contributed by atoms with Crippen molar-refractivity contribution in [3.63, 3.8) is 0 Å². The van der Waals surface area contributed by atoms with Crippen molar-refractivity contribution in [2.45, 2.75) is 17.0 Å². The van der Waals surface area contributed by atoms with Crippen molar-refractivity contribution >= 4 is 25.5 Å². The Kier molecular flexibility index (Phi) is 4.56. The molecule has 0 bridgehead atoms. The largest absolute Gasteiger partial charge is 0.390 e. The minimum atomic E-state index is -4.20. The zero-order valence-electron chi connectivity index (χ0n) is 13.0. The van der Waals surface area contributed by atoms with Crippen LogP contribution in [0.3, 0.4) is 0 Å². The summed E-state index contributed by atoms with van der Waals surface area (Å²) in [6, 6.07) is 11.0. The summed E-state index contributed by atoms with van der Waals surface area (Å²) in [7, 11) is -7.76. The molecule has 0 unspecified atom stereocenters. The summed E-state index contributed by atoms with van der Waals surface area (Å²) in [4.78, 5) is -0.186. The molecule has 0 saturated carbocycles. The fraction of sp³-hybridized carbons (Fsp3) is 0.250. The molecule has 1 fully saturated rings. The van der Waals surface area contributed by atoms with Gasteiger partial charge in [0.15, 0.2) is 9.84 Å². The van der Waals surface area contributed by atoms with Crippen LogP contribution in [0.4, 0.5) is 10.1 Å². The lowest BCUT2D eigenvalue weighted by Crippen LogP contribution is -2.47. The Bertz CT molecular complexity index is 959. The fourth-order valence-electron chi connectivity index (χ4n) is 2.84. The SMILES string of the molecule is O=S1(=O)C[C@H](O)[C@@H](N(c2ccccc2)S(=O)(=O)c2ccc(F)cc2)C1. The van der Waals surface area contributed by atoms with Gasteiger partial charge in [0.1, 0.15) is 5.82 Å². The summed E-state index contributed by atoms with van der Waals surface area (Å²) in [5.74, 6) is -1.57. The molecule has 1 saturated heterocycles. The molecule has 0 spiro atoms. The Balaban J connectivity index is 2.13. The van der Waals surface area contributed by atoms with E-state index in [2.05, 4.69) is 0 Å². The Morgan fingerprint density at radius 1 is 1.00 bits per heavy atom. The van der Waals surface area contributed by atoms with Crippen LogP contribution in [0.25, 0.3) is 0 Å². The second kappa shape index (κ2) is 6.40. The fourth-order valence-corrected chi connectivity index (χ4v) is 6.38. The molecular weight excluding hydrogens is 369 g/mol. The third-order valence-corrected chi connectivity index (χ3v) is 7.54. The number of sulfone groups is 1. The molecule has 1 aliphatic rings. The van der Waals surface area contributed by atoms with Gasteiger partial charge in [-0.2, -0.15) is 0 Å². The van der Waals surface area contributed by atoms with Gasteiger partial charge in [0.25, 0.3) is 10.0 Å². The predicted octanol–water partition coefficient (Wildman–Crippen LogP) is 1.18. The number of rotatable bonds is 4. The Morgan fingerprint density at radius 3 is 2.12 bits per heavy atom. The van der Waals surface area contributed by atoms with Gasteiger partial charge in [-0.3, -0.25) is 4.31 Å². The molecule has 25 heavy (non-hydrogen) atoms. The second-order valence-electron chi connectivity index (χ2n) is 5.80. The molecule has 0 radical (unpaired) electrons. The van der Waals surface area contributed by atoms with Gasteiger partial charge in [0.2, 0.25) is 0 Å². The molecule has 2 atom stereocenters. The van der Waals surface area contributed by atoms with E-state index < -0.39 is 49.3 Å². The van der Waals surface area contributed by atoms with E-state index in [1.807, 2.05) is 0 Å². The van der Waals surface area contributed by atoms with Crippen molar-refractivity contribution in [3.05, 3.63) is 60.4 Å². The molecular formula is C16H16FNO5S2. The van der Waals surface area contributed by atoms with E-state index in [1.165, 1.54) is 12.1 Å². The first-order valence-corrected chi connectivity index (χ1v) is 10.7. The number of aliphatic hydroxyl groups is 1. The average molecular weight is 385 g/mol. The molecule has 3 rings (SSSR count). The van der Waals surface area contributed by atoms with Gasteiger partial charge in [-0.1, -0.05) is 18.2 Å². The second-order valence-corrected chi connectivity index (χ2v) is 9.77. The molecule has 1 aliphatic heterocycles. The number of benzene rings is 2. The van der Waals surface area contributed by atoms with Crippen LogP contribution in [0.15, 0.2) is 59.5 Å². The van der Waals surface area contributed by atoms with Gasteiger partial charge in [0.05, 0.1) is 34.2 Å². The summed E-state index contributed by atoms with van der Waals surface area (Å²) in [5.41, 5.74) is 0.230. The molecule has 2 aromatic carbocycles. The molecule has 1 N–H and O–H groups in total. The van der Waals surface area contributed by atoms with Gasteiger partial charge in [-0.05, 0) is 36.4 Å². The summed E-state index contributed by atoms with van der Waals surface area (Å²) < 4.78 is 63.9. The third kappa shape index (κ3) is 3.53. The molecule has 0 aromatic heterocycles. The van der Waals surface area contributed by atoms with Crippen LogP contribution in [0.1, 0.15) is 0 Å². The van der Waals surface area contributed by atoms with E-state index in [0.29, 0.717) is 0 Å². The minimum absolute atomic E-state index is 0.186. The smallest absolute Gasteiger partial charge is 0.264 e. The van der Waals surface area contributed by atoms with Crippen LogP contribution in [-0.4, -0.2) is 45.6 Å². The normalized spacial score (nSPS) is 22.6. The highest BCUT2D eigenvalue weighted by atomic mass is 32.2. The Morgan fingerprint density at radius 2 is 1.60 bits per heavy atom. The van der Waals surface area contributed by atoms with Crippen molar-refractivity contribution in [2.24, 2.45) is 0 Å². The first-order chi connectivity index (χ1) is 11.7. The van der Waals surface area contributed by atoms with Crippen LogP contribution >= 0.6 is 0 Å². The van der Waals surface area contributed by atoms with Crippen LogP contribution in [-0.2, 0) is 19.9 Å². The highest BCUT2D eigenvalue weighted by Gasteiger charge is 2.44. The first-order valence-electron chi connectivity index (χ1n) is 7.44. The number of hydrogen-bond donors (Lipinski definition) is 1. The lowest BCUT2D eigenvalue weighted by atomic mass is 10.2. The lowest BCUT2D eigenvalue weighted by molar-refractivity contribution is 0.184. The highest BCUT2D eigenvalue weighted by molar-refractivity contribution is 7.93. The van der Waals surface area contributed by atoms with Crippen LogP contribution in [0.2, 0.25) is 0 Å². The van der Waals surface area contributed by atoms with E-state index in [0.717, 1.165) is 28.6 Å². The maximum atomic E-state index is 13.1. The van der Waals surface area contributed by atoms with Gasteiger partial charge in [-0.15, -0.1) is 0 Å². The number of nitrogens with zero attached hydrogens (tertiary/aromatic N) is 1. The molecule has 1 heterocycles. The number of hydrogen-bond acceptors (Lipinski definition) is 5. The quantitative estimate of drug-likeness (QED) is 0.853. The monoisotopic (exact) mass is 385 g/mol. The zero-order chi connectivity index (χ0) is 18.2. The summed E-state index contributed by atoms with van der Waals surface area (Å²) in [6.07, 6.45) is -1.35.